The fourth-order valence-corrected chi connectivity index (χ4v) is 2.92. The van der Waals surface area contributed by atoms with Crippen molar-refractivity contribution in [1.29, 1.82) is 0 Å². The summed E-state index contributed by atoms with van der Waals surface area (Å²) in [6.07, 6.45) is 4.16. The molecule has 128 valence electrons. The first-order chi connectivity index (χ1) is 10.9. The molecule has 1 aliphatic heterocycles. The number of aryl methyl sites for hydroxylation is 1. The molecular formula is C19H30N2O2. The van der Waals surface area contributed by atoms with Gasteiger partial charge in [0.2, 0.25) is 0 Å². The van der Waals surface area contributed by atoms with E-state index < -0.39 is 5.60 Å². The molecule has 23 heavy (non-hydrogen) atoms. The van der Waals surface area contributed by atoms with Crippen LogP contribution < -0.4 is 5.32 Å². The Balaban J connectivity index is 1.87. The van der Waals surface area contributed by atoms with E-state index in [0.717, 1.165) is 38.0 Å². The van der Waals surface area contributed by atoms with Crippen LogP contribution >= 0.6 is 0 Å². The second kappa shape index (κ2) is 7.71. The highest BCUT2D eigenvalue weighted by Crippen LogP contribution is 2.21. The third kappa shape index (κ3) is 5.45. The normalized spacial score (nSPS) is 18.1. The Bertz CT molecular complexity index is 505. The SMILES string of the molecule is CCCc1ccc(NCC2CCCN2C(=O)OC(C)(C)C)cc1. The molecule has 0 saturated carbocycles. The Labute approximate surface area is 140 Å². The molecule has 0 spiro atoms. The van der Waals surface area contributed by atoms with Crippen LogP contribution in [0.5, 0.6) is 0 Å². The average Bonchev–Trinajstić information content (AvgIpc) is 2.94. The number of rotatable bonds is 5. The van der Waals surface area contributed by atoms with Crippen LogP contribution in [-0.4, -0.2) is 35.7 Å². The number of likely N-dealkylation sites (tertiary alicyclic amines) is 1. The molecule has 1 aromatic carbocycles. The molecule has 1 saturated heterocycles. The van der Waals surface area contributed by atoms with Crippen LogP contribution in [0.3, 0.4) is 0 Å². The van der Waals surface area contributed by atoms with Crippen LogP contribution in [0.15, 0.2) is 24.3 Å². The van der Waals surface area contributed by atoms with Crippen molar-refractivity contribution in [1.82, 2.24) is 4.90 Å². The lowest BCUT2D eigenvalue weighted by Gasteiger charge is -2.29. The van der Waals surface area contributed by atoms with E-state index in [1.807, 2.05) is 25.7 Å². The second-order valence-electron chi connectivity index (χ2n) is 7.30. The average molecular weight is 318 g/mol. The van der Waals surface area contributed by atoms with Crippen LogP contribution in [0, 0.1) is 0 Å². The van der Waals surface area contributed by atoms with Gasteiger partial charge in [0.1, 0.15) is 5.60 Å². The lowest BCUT2D eigenvalue weighted by Crippen LogP contribution is -2.42. The van der Waals surface area contributed by atoms with Crippen molar-refractivity contribution in [3.05, 3.63) is 29.8 Å². The Kier molecular flexibility index (Phi) is 5.91. The molecule has 4 heteroatoms. The van der Waals surface area contributed by atoms with Crippen molar-refractivity contribution < 1.29 is 9.53 Å². The molecule has 1 fully saturated rings. The van der Waals surface area contributed by atoms with Crippen LogP contribution in [0.1, 0.15) is 52.5 Å². The van der Waals surface area contributed by atoms with E-state index in [0.29, 0.717) is 0 Å². The van der Waals surface area contributed by atoms with Crippen molar-refractivity contribution in [2.75, 3.05) is 18.4 Å². The first-order valence-corrected chi connectivity index (χ1v) is 8.71. The largest absolute Gasteiger partial charge is 0.444 e. The van der Waals surface area contributed by atoms with Gasteiger partial charge in [0, 0.05) is 18.8 Å². The van der Waals surface area contributed by atoms with Gasteiger partial charge in [-0.15, -0.1) is 0 Å². The quantitative estimate of drug-likeness (QED) is 0.872. The summed E-state index contributed by atoms with van der Waals surface area (Å²) in [4.78, 5) is 14.1. The summed E-state index contributed by atoms with van der Waals surface area (Å²) >= 11 is 0. The number of ether oxygens (including phenoxy) is 1. The van der Waals surface area contributed by atoms with Gasteiger partial charge in [0.05, 0.1) is 6.04 Å². The molecule has 4 nitrogen and oxygen atoms in total. The minimum absolute atomic E-state index is 0.194. The molecule has 1 N–H and O–H groups in total. The Morgan fingerprint density at radius 1 is 1.30 bits per heavy atom. The van der Waals surface area contributed by atoms with Crippen molar-refractivity contribution in [3.63, 3.8) is 0 Å². The smallest absolute Gasteiger partial charge is 0.410 e. The fourth-order valence-electron chi connectivity index (χ4n) is 2.92. The number of amides is 1. The standard InChI is InChI=1S/C19H30N2O2/c1-5-7-15-9-11-16(12-10-15)20-14-17-8-6-13-21(17)18(22)23-19(2,3)4/h9-12,17,20H,5-8,13-14H2,1-4H3. The number of hydrogen-bond acceptors (Lipinski definition) is 3. The van der Waals surface area contributed by atoms with E-state index in [1.165, 1.54) is 12.0 Å². The summed E-state index contributed by atoms with van der Waals surface area (Å²) in [7, 11) is 0. The van der Waals surface area contributed by atoms with E-state index in [-0.39, 0.29) is 12.1 Å². The molecule has 1 unspecified atom stereocenters. The second-order valence-corrected chi connectivity index (χ2v) is 7.30. The summed E-state index contributed by atoms with van der Waals surface area (Å²) < 4.78 is 5.51. The predicted molar refractivity (Wildman–Crippen MR) is 94.9 cm³/mol. The number of anilines is 1. The van der Waals surface area contributed by atoms with Gasteiger partial charge in [0.15, 0.2) is 0 Å². The highest BCUT2D eigenvalue weighted by atomic mass is 16.6. The Morgan fingerprint density at radius 3 is 2.61 bits per heavy atom. The van der Waals surface area contributed by atoms with Crippen LogP contribution in [0.25, 0.3) is 0 Å². The summed E-state index contributed by atoms with van der Waals surface area (Å²) in [5.41, 5.74) is 2.04. The monoisotopic (exact) mass is 318 g/mol. The molecule has 0 radical (unpaired) electrons. The lowest BCUT2D eigenvalue weighted by atomic mass is 10.1. The Hall–Kier alpha value is -1.71. The van der Waals surface area contributed by atoms with Gasteiger partial charge < -0.3 is 15.0 Å². The Morgan fingerprint density at radius 2 is 2.00 bits per heavy atom. The zero-order valence-corrected chi connectivity index (χ0v) is 14.9. The molecule has 1 heterocycles. The summed E-state index contributed by atoms with van der Waals surface area (Å²) in [6, 6.07) is 8.80. The number of carbonyl (C=O) groups excluding carboxylic acids is 1. The van der Waals surface area contributed by atoms with Crippen LogP contribution in [-0.2, 0) is 11.2 Å². The summed E-state index contributed by atoms with van der Waals surface area (Å²) in [5.74, 6) is 0. The van der Waals surface area contributed by atoms with Gasteiger partial charge in [-0.25, -0.2) is 4.79 Å². The molecule has 0 aromatic heterocycles. The van der Waals surface area contributed by atoms with Crippen LogP contribution in [0.2, 0.25) is 0 Å². The number of nitrogens with zero attached hydrogens (tertiary/aromatic N) is 1. The minimum Gasteiger partial charge on any atom is -0.444 e. The molecule has 2 rings (SSSR count). The van der Waals surface area contributed by atoms with Crippen molar-refractivity contribution >= 4 is 11.8 Å². The first-order valence-electron chi connectivity index (χ1n) is 8.71. The van der Waals surface area contributed by atoms with Crippen molar-refractivity contribution in [2.24, 2.45) is 0 Å². The highest BCUT2D eigenvalue weighted by Gasteiger charge is 2.31. The maximum Gasteiger partial charge on any atom is 0.410 e. The minimum atomic E-state index is -0.438. The van der Waals surface area contributed by atoms with Gasteiger partial charge in [0.25, 0.3) is 0 Å². The zero-order chi connectivity index (χ0) is 16.9. The van der Waals surface area contributed by atoms with Gasteiger partial charge in [-0.3, -0.25) is 0 Å². The number of nitrogens with one attached hydrogen (secondary N) is 1. The predicted octanol–water partition coefficient (Wildman–Crippen LogP) is 4.45. The maximum absolute atomic E-state index is 12.3. The van der Waals surface area contributed by atoms with E-state index >= 15 is 0 Å². The maximum atomic E-state index is 12.3. The summed E-state index contributed by atoms with van der Waals surface area (Å²) in [5, 5.41) is 3.45. The van der Waals surface area contributed by atoms with Gasteiger partial charge in [-0.1, -0.05) is 25.5 Å². The van der Waals surface area contributed by atoms with Crippen molar-refractivity contribution in [3.8, 4) is 0 Å². The van der Waals surface area contributed by atoms with Gasteiger partial charge in [-0.05, 0) is 57.7 Å². The molecule has 1 atom stereocenters. The zero-order valence-electron chi connectivity index (χ0n) is 14.9. The highest BCUT2D eigenvalue weighted by molar-refractivity contribution is 5.69. The third-order valence-corrected chi connectivity index (χ3v) is 4.04. The van der Waals surface area contributed by atoms with E-state index in [2.05, 4.69) is 36.5 Å². The molecule has 0 aliphatic carbocycles. The fraction of sp³-hybridized carbons (Fsp3) is 0.632. The van der Waals surface area contributed by atoms with E-state index in [4.69, 9.17) is 4.74 Å². The molecular weight excluding hydrogens is 288 g/mol. The van der Waals surface area contributed by atoms with Gasteiger partial charge >= 0.3 is 6.09 Å². The van der Waals surface area contributed by atoms with Crippen LogP contribution in [0.4, 0.5) is 10.5 Å². The number of hydrogen-bond donors (Lipinski definition) is 1. The lowest BCUT2D eigenvalue weighted by molar-refractivity contribution is 0.0235. The van der Waals surface area contributed by atoms with E-state index in [1.54, 1.807) is 0 Å². The van der Waals surface area contributed by atoms with E-state index in [9.17, 15) is 4.79 Å². The number of carbonyl (C=O) groups is 1. The van der Waals surface area contributed by atoms with Crippen molar-refractivity contribution in [2.45, 2.75) is 65.0 Å². The third-order valence-electron chi connectivity index (χ3n) is 4.04. The molecule has 1 aromatic rings. The molecule has 1 aliphatic rings. The summed E-state index contributed by atoms with van der Waals surface area (Å²) in [6.45, 7) is 9.48. The number of benzene rings is 1. The van der Waals surface area contributed by atoms with Gasteiger partial charge in [-0.2, -0.15) is 0 Å². The topological polar surface area (TPSA) is 41.6 Å². The molecule has 1 amide bonds. The first kappa shape index (κ1) is 17.6. The molecule has 0 bridgehead atoms.